The fourth-order valence-electron chi connectivity index (χ4n) is 4.92. The van der Waals surface area contributed by atoms with Crippen LogP contribution in [0.3, 0.4) is 0 Å². The number of carbonyl (C=O) groups excluding carboxylic acids is 1. The zero-order valence-corrected chi connectivity index (χ0v) is 17.6. The Morgan fingerprint density at radius 1 is 1.07 bits per heavy atom. The van der Waals surface area contributed by atoms with Crippen LogP contribution in [0, 0.1) is 6.92 Å². The number of fused-ring (bicyclic) bond motifs is 1. The van der Waals surface area contributed by atoms with Gasteiger partial charge in [-0.05, 0) is 49.6 Å². The number of carbonyl (C=O) groups is 1. The van der Waals surface area contributed by atoms with Gasteiger partial charge in [0.15, 0.2) is 0 Å². The molecule has 2 saturated heterocycles. The number of likely N-dealkylation sites (tertiary alicyclic amines) is 1. The number of aryl methyl sites for hydroxylation is 1. The van der Waals surface area contributed by atoms with Crippen molar-refractivity contribution >= 4 is 33.3 Å². The van der Waals surface area contributed by atoms with Crippen molar-refractivity contribution in [3.8, 4) is 0 Å². The molecule has 6 heteroatoms. The molecule has 4 heterocycles. The average molecular weight is 407 g/mol. The molecule has 2 fully saturated rings. The second kappa shape index (κ2) is 7.41. The van der Waals surface area contributed by atoms with Crippen molar-refractivity contribution in [3.05, 3.63) is 53.2 Å². The SMILES string of the molecule is Cc1ccc(CN2C(=O)CC[C@]23CCCN(c2ncnc4ccsc24)CC3)cc1. The van der Waals surface area contributed by atoms with Crippen molar-refractivity contribution < 1.29 is 4.79 Å². The second-order valence-corrected chi connectivity index (χ2v) is 9.28. The molecule has 2 aromatic heterocycles. The highest BCUT2D eigenvalue weighted by atomic mass is 32.1. The van der Waals surface area contributed by atoms with Gasteiger partial charge in [0.25, 0.3) is 0 Å². The predicted molar refractivity (Wildman–Crippen MR) is 117 cm³/mol. The molecule has 150 valence electrons. The minimum absolute atomic E-state index is 0.0156. The van der Waals surface area contributed by atoms with Gasteiger partial charge in [-0.15, -0.1) is 11.3 Å². The van der Waals surface area contributed by atoms with Crippen LogP contribution in [0.25, 0.3) is 10.2 Å². The Morgan fingerprint density at radius 2 is 1.93 bits per heavy atom. The molecule has 1 spiro atoms. The summed E-state index contributed by atoms with van der Waals surface area (Å²) in [5.41, 5.74) is 3.49. The maximum Gasteiger partial charge on any atom is 0.223 e. The van der Waals surface area contributed by atoms with Crippen molar-refractivity contribution in [1.29, 1.82) is 0 Å². The summed E-state index contributed by atoms with van der Waals surface area (Å²) in [6, 6.07) is 10.7. The van der Waals surface area contributed by atoms with Gasteiger partial charge < -0.3 is 9.80 Å². The van der Waals surface area contributed by atoms with E-state index in [2.05, 4.69) is 62.4 Å². The fourth-order valence-corrected chi connectivity index (χ4v) is 5.78. The van der Waals surface area contributed by atoms with E-state index >= 15 is 0 Å². The van der Waals surface area contributed by atoms with E-state index in [0.29, 0.717) is 12.3 Å². The van der Waals surface area contributed by atoms with Crippen molar-refractivity contribution in [1.82, 2.24) is 14.9 Å². The van der Waals surface area contributed by atoms with E-state index in [-0.39, 0.29) is 5.54 Å². The first-order chi connectivity index (χ1) is 14.1. The van der Waals surface area contributed by atoms with E-state index in [0.717, 1.165) is 56.7 Å². The first kappa shape index (κ1) is 18.6. The number of aromatic nitrogens is 2. The normalized spacial score (nSPS) is 22.6. The summed E-state index contributed by atoms with van der Waals surface area (Å²) >= 11 is 1.71. The third kappa shape index (κ3) is 3.39. The van der Waals surface area contributed by atoms with Gasteiger partial charge in [-0.1, -0.05) is 29.8 Å². The molecule has 0 bridgehead atoms. The molecule has 2 aliphatic heterocycles. The number of hydrogen-bond donors (Lipinski definition) is 0. The Balaban J connectivity index is 1.38. The number of benzene rings is 1. The lowest BCUT2D eigenvalue weighted by molar-refractivity contribution is -0.132. The Kier molecular flexibility index (Phi) is 4.74. The summed E-state index contributed by atoms with van der Waals surface area (Å²) in [4.78, 5) is 26.4. The van der Waals surface area contributed by atoms with E-state index < -0.39 is 0 Å². The van der Waals surface area contributed by atoms with Crippen LogP contribution in [-0.2, 0) is 11.3 Å². The highest BCUT2D eigenvalue weighted by Gasteiger charge is 2.45. The van der Waals surface area contributed by atoms with E-state index in [1.165, 1.54) is 15.8 Å². The lowest BCUT2D eigenvalue weighted by Gasteiger charge is -2.38. The zero-order valence-electron chi connectivity index (χ0n) is 16.8. The summed E-state index contributed by atoms with van der Waals surface area (Å²) in [6.07, 6.45) is 6.47. The molecular formula is C23H26N4OS. The van der Waals surface area contributed by atoms with Crippen molar-refractivity contribution in [3.63, 3.8) is 0 Å². The molecule has 0 aliphatic carbocycles. The largest absolute Gasteiger partial charge is 0.355 e. The fraction of sp³-hybridized carbons (Fsp3) is 0.435. The molecule has 5 rings (SSSR count). The maximum absolute atomic E-state index is 12.8. The summed E-state index contributed by atoms with van der Waals surface area (Å²) in [6.45, 7) is 4.74. The lowest BCUT2D eigenvalue weighted by Crippen LogP contribution is -2.46. The topological polar surface area (TPSA) is 49.3 Å². The monoisotopic (exact) mass is 406 g/mol. The van der Waals surface area contributed by atoms with Gasteiger partial charge in [-0.2, -0.15) is 0 Å². The van der Waals surface area contributed by atoms with Crippen LogP contribution in [0.1, 0.15) is 43.2 Å². The van der Waals surface area contributed by atoms with Crippen molar-refractivity contribution in [2.75, 3.05) is 18.0 Å². The van der Waals surface area contributed by atoms with Crippen molar-refractivity contribution in [2.24, 2.45) is 0 Å². The smallest absolute Gasteiger partial charge is 0.223 e. The van der Waals surface area contributed by atoms with Crippen LogP contribution >= 0.6 is 11.3 Å². The Labute approximate surface area is 175 Å². The number of anilines is 1. The van der Waals surface area contributed by atoms with E-state index in [4.69, 9.17) is 0 Å². The van der Waals surface area contributed by atoms with E-state index in [9.17, 15) is 4.79 Å². The number of rotatable bonds is 3. The van der Waals surface area contributed by atoms with Gasteiger partial charge >= 0.3 is 0 Å². The molecule has 0 unspecified atom stereocenters. The second-order valence-electron chi connectivity index (χ2n) is 8.36. The molecular weight excluding hydrogens is 380 g/mol. The number of amides is 1. The molecule has 3 aromatic rings. The van der Waals surface area contributed by atoms with Crippen LogP contribution in [-0.4, -0.2) is 39.4 Å². The zero-order chi connectivity index (χ0) is 19.8. The highest BCUT2D eigenvalue weighted by molar-refractivity contribution is 7.17. The van der Waals surface area contributed by atoms with E-state index in [1.807, 2.05) is 0 Å². The first-order valence-corrected chi connectivity index (χ1v) is 11.3. The van der Waals surface area contributed by atoms with Crippen LogP contribution < -0.4 is 4.90 Å². The summed E-state index contributed by atoms with van der Waals surface area (Å²) < 4.78 is 1.17. The molecule has 1 amide bonds. The standard InChI is InChI=1S/C23H26N4OS/c1-17-3-5-18(6-4-17)15-27-20(28)7-10-23(27)9-2-12-26(13-11-23)22-21-19(8-14-29-21)24-16-25-22/h3-6,8,14,16H,2,7,9-13,15H2,1H3/t23-/m0/s1. The van der Waals surface area contributed by atoms with Gasteiger partial charge in [-0.25, -0.2) is 9.97 Å². The van der Waals surface area contributed by atoms with E-state index in [1.54, 1.807) is 17.7 Å². The number of thiophene rings is 1. The molecule has 0 saturated carbocycles. The summed E-state index contributed by atoms with van der Waals surface area (Å²) in [5, 5.41) is 2.08. The minimum atomic E-state index is -0.0156. The molecule has 0 radical (unpaired) electrons. The third-order valence-corrected chi connectivity index (χ3v) is 7.48. The Hall–Kier alpha value is -2.47. The van der Waals surface area contributed by atoms with Gasteiger partial charge in [-0.3, -0.25) is 4.79 Å². The number of hydrogen-bond acceptors (Lipinski definition) is 5. The van der Waals surface area contributed by atoms with Gasteiger partial charge in [0, 0.05) is 31.6 Å². The predicted octanol–water partition coefficient (Wildman–Crippen LogP) is 4.55. The Bertz CT molecular complexity index is 1030. The van der Waals surface area contributed by atoms with Gasteiger partial charge in [0.2, 0.25) is 5.91 Å². The first-order valence-electron chi connectivity index (χ1n) is 10.4. The highest BCUT2D eigenvalue weighted by Crippen LogP contribution is 2.41. The van der Waals surface area contributed by atoms with Gasteiger partial charge in [0.05, 0.1) is 10.2 Å². The minimum Gasteiger partial charge on any atom is -0.355 e. The molecule has 1 aromatic carbocycles. The molecule has 2 aliphatic rings. The molecule has 5 nitrogen and oxygen atoms in total. The van der Waals surface area contributed by atoms with Crippen LogP contribution in [0.2, 0.25) is 0 Å². The summed E-state index contributed by atoms with van der Waals surface area (Å²) in [7, 11) is 0. The quantitative estimate of drug-likeness (QED) is 0.640. The molecule has 29 heavy (non-hydrogen) atoms. The van der Waals surface area contributed by atoms with Crippen molar-refractivity contribution in [2.45, 2.75) is 51.1 Å². The van der Waals surface area contributed by atoms with Crippen LogP contribution in [0.4, 0.5) is 5.82 Å². The maximum atomic E-state index is 12.8. The average Bonchev–Trinajstić information content (AvgIpc) is 3.25. The Morgan fingerprint density at radius 3 is 2.79 bits per heavy atom. The molecule has 1 atom stereocenters. The summed E-state index contributed by atoms with van der Waals surface area (Å²) in [5.74, 6) is 1.36. The van der Waals surface area contributed by atoms with Gasteiger partial charge in [0.1, 0.15) is 12.1 Å². The number of nitrogens with zero attached hydrogens (tertiary/aromatic N) is 4. The lowest BCUT2D eigenvalue weighted by atomic mass is 9.87. The van der Waals surface area contributed by atoms with Crippen LogP contribution in [0.15, 0.2) is 42.0 Å². The molecule has 0 N–H and O–H groups in total. The van der Waals surface area contributed by atoms with Crippen LogP contribution in [0.5, 0.6) is 0 Å². The third-order valence-electron chi connectivity index (χ3n) is 6.58.